The summed E-state index contributed by atoms with van der Waals surface area (Å²) in [6, 6.07) is 28.1. The van der Waals surface area contributed by atoms with E-state index in [0.717, 1.165) is 32.7 Å². The highest BCUT2D eigenvalue weighted by Gasteiger charge is 2.14. The molecule has 2 heteroatoms. The Morgan fingerprint density at radius 2 is 1.04 bits per heavy atom. The Morgan fingerprint density at radius 3 is 1.50 bits per heavy atom. The molecule has 0 unspecified atom stereocenters. The molecule has 0 bridgehead atoms. The van der Waals surface area contributed by atoms with Gasteiger partial charge in [-0.25, -0.2) is 0 Å². The first-order chi connectivity index (χ1) is 11.8. The van der Waals surface area contributed by atoms with Gasteiger partial charge < -0.3 is 0 Å². The fourth-order valence-corrected chi connectivity index (χ4v) is 3.27. The predicted molar refractivity (Wildman–Crippen MR) is 96.3 cm³/mol. The van der Waals surface area contributed by atoms with Crippen molar-refractivity contribution in [3.05, 3.63) is 83.9 Å². The Morgan fingerprint density at radius 1 is 0.542 bits per heavy atom. The minimum absolute atomic E-state index is 0.640. The van der Waals surface area contributed by atoms with Crippen LogP contribution in [-0.4, -0.2) is 0 Å². The SMILES string of the molecule is N#Cc1ccc(-c2c3ccccc3c(C#N)c3ccccc23)cc1. The zero-order chi connectivity index (χ0) is 16.5. The first-order valence-corrected chi connectivity index (χ1v) is 7.67. The quantitative estimate of drug-likeness (QED) is 0.442. The molecule has 0 aliphatic heterocycles. The molecule has 24 heavy (non-hydrogen) atoms. The standard InChI is InChI=1S/C22H12N2/c23-13-15-9-11-16(12-10-15)22-19-7-3-1-5-17(19)21(14-24)18-6-2-4-8-20(18)22/h1-12H. The summed E-state index contributed by atoms with van der Waals surface area (Å²) in [5.41, 5.74) is 3.50. The van der Waals surface area contributed by atoms with Crippen LogP contribution in [0.25, 0.3) is 32.7 Å². The molecule has 0 N–H and O–H groups in total. The van der Waals surface area contributed by atoms with E-state index >= 15 is 0 Å². The van der Waals surface area contributed by atoms with E-state index in [-0.39, 0.29) is 0 Å². The second-order valence-corrected chi connectivity index (χ2v) is 5.64. The summed E-state index contributed by atoms with van der Waals surface area (Å²) in [6.45, 7) is 0. The van der Waals surface area contributed by atoms with Gasteiger partial charge in [0.15, 0.2) is 0 Å². The topological polar surface area (TPSA) is 47.6 Å². The molecule has 0 aliphatic carbocycles. The summed E-state index contributed by atoms with van der Waals surface area (Å²) in [6.07, 6.45) is 0. The van der Waals surface area contributed by atoms with Crippen molar-refractivity contribution in [2.75, 3.05) is 0 Å². The minimum atomic E-state index is 0.640. The van der Waals surface area contributed by atoms with Crippen molar-refractivity contribution >= 4 is 21.5 Å². The zero-order valence-corrected chi connectivity index (χ0v) is 12.8. The third-order valence-electron chi connectivity index (χ3n) is 4.35. The van der Waals surface area contributed by atoms with E-state index in [1.165, 1.54) is 0 Å². The highest BCUT2D eigenvalue weighted by atomic mass is 14.3. The van der Waals surface area contributed by atoms with Crippen LogP contribution >= 0.6 is 0 Å². The number of rotatable bonds is 1. The highest BCUT2D eigenvalue weighted by molar-refractivity contribution is 6.16. The van der Waals surface area contributed by atoms with Gasteiger partial charge in [-0.2, -0.15) is 10.5 Å². The molecule has 110 valence electrons. The first kappa shape index (κ1) is 14.0. The van der Waals surface area contributed by atoms with E-state index in [1.807, 2.05) is 60.7 Å². The van der Waals surface area contributed by atoms with Crippen LogP contribution in [0, 0.1) is 22.7 Å². The van der Waals surface area contributed by atoms with Gasteiger partial charge >= 0.3 is 0 Å². The minimum Gasteiger partial charge on any atom is -0.192 e. The summed E-state index contributed by atoms with van der Waals surface area (Å²) in [7, 11) is 0. The molecule has 0 amide bonds. The Hall–Kier alpha value is -3.62. The van der Waals surface area contributed by atoms with Gasteiger partial charge in [0, 0.05) is 10.8 Å². The van der Waals surface area contributed by atoms with E-state index < -0.39 is 0 Å². The first-order valence-electron chi connectivity index (χ1n) is 7.67. The van der Waals surface area contributed by atoms with Crippen LogP contribution in [0.2, 0.25) is 0 Å². The Balaban J connectivity index is 2.21. The van der Waals surface area contributed by atoms with Gasteiger partial charge in [-0.05, 0) is 34.0 Å². The van der Waals surface area contributed by atoms with Gasteiger partial charge in [0.1, 0.15) is 6.07 Å². The third kappa shape index (κ3) is 2.02. The lowest BCUT2D eigenvalue weighted by Gasteiger charge is -2.14. The summed E-state index contributed by atoms with van der Waals surface area (Å²) < 4.78 is 0. The Bertz CT molecular complexity index is 1100. The van der Waals surface area contributed by atoms with E-state index in [4.69, 9.17) is 5.26 Å². The molecule has 0 aliphatic rings. The number of nitrogens with zero attached hydrogens (tertiary/aromatic N) is 2. The molecule has 4 rings (SSSR count). The monoisotopic (exact) mass is 304 g/mol. The molecule has 0 saturated carbocycles. The van der Waals surface area contributed by atoms with Crippen LogP contribution in [-0.2, 0) is 0 Å². The van der Waals surface area contributed by atoms with Crippen molar-refractivity contribution in [1.29, 1.82) is 10.5 Å². The van der Waals surface area contributed by atoms with Crippen molar-refractivity contribution in [1.82, 2.24) is 0 Å². The van der Waals surface area contributed by atoms with Crippen LogP contribution in [0.3, 0.4) is 0 Å². The maximum Gasteiger partial charge on any atom is 0.100 e. The maximum absolute atomic E-state index is 9.68. The summed E-state index contributed by atoms with van der Waals surface area (Å²) in [4.78, 5) is 0. The van der Waals surface area contributed by atoms with E-state index in [1.54, 1.807) is 0 Å². The normalized spacial score (nSPS) is 10.4. The van der Waals surface area contributed by atoms with Crippen LogP contribution in [0.15, 0.2) is 72.8 Å². The Labute approximate surface area is 139 Å². The number of fused-ring (bicyclic) bond motifs is 2. The predicted octanol–water partition coefficient (Wildman–Crippen LogP) is 5.40. The van der Waals surface area contributed by atoms with E-state index in [9.17, 15) is 5.26 Å². The third-order valence-corrected chi connectivity index (χ3v) is 4.35. The molecule has 2 nitrogen and oxygen atoms in total. The number of hydrogen-bond acceptors (Lipinski definition) is 2. The van der Waals surface area contributed by atoms with Gasteiger partial charge in [-0.1, -0.05) is 60.7 Å². The largest absolute Gasteiger partial charge is 0.192 e. The number of nitriles is 2. The van der Waals surface area contributed by atoms with Crippen molar-refractivity contribution in [2.24, 2.45) is 0 Å². The van der Waals surface area contributed by atoms with Crippen molar-refractivity contribution in [2.45, 2.75) is 0 Å². The van der Waals surface area contributed by atoms with Crippen LogP contribution in [0.5, 0.6) is 0 Å². The van der Waals surface area contributed by atoms with Gasteiger partial charge in [-0.15, -0.1) is 0 Å². The summed E-state index contributed by atoms with van der Waals surface area (Å²) in [5.74, 6) is 0. The molecule has 0 aromatic heterocycles. The van der Waals surface area contributed by atoms with Crippen molar-refractivity contribution in [3.63, 3.8) is 0 Å². The average Bonchev–Trinajstić information content (AvgIpc) is 2.66. The second kappa shape index (κ2) is 5.54. The highest BCUT2D eigenvalue weighted by Crippen LogP contribution is 2.38. The van der Waals surface area contributed by atoms with E-state index in [0.29, 0.717) is 11.1 Å². The lowest BCUT2D eigenvalue weighted by atomic mass is 9.88. The second-order valence-electron chi connectivity index (χ2n) is 5.64. The zero-order valence-electron chi connectivity index (χ0n) is 12.8. The molecule has 4 aromatic carbocycles. The van der Waals surface area contributed by atoms with Crippen molar-refractivity contribution in [3.8, 4) is 23.3 Å². The van der Waals surface area contributed by atoms with Crippen LogP contribution in [0.1, 0.15) is 11.1 Å². The molecule has 0 atom stereocenters. The van der Waals surface area contributed by atoms with Gasteiger partial charge in [0.05, 0.1) is 17.2 Å². The fraction of sp³-hybridized carbons (Fsp3) is 0. The molecule has 0 spiro atoms. The maximum atomic E-state index is 9.68. The molecule has 4 aromatic rings. The fourth-order valence-electron chi connectivity index (χ4n) is 3.27. The van der Waals surface area contributed by atoms with Crippen LogP contribution < -0.4 is 0 Å². The molecule has 0 heterocycles. The van der Waals surface area contributed by atoms with Gasteiger partial charge in [0.25, 0.3) is 0 Å². The lowest BCUT2D eigenvalue weighted by molar-refractivity contribution is 1.48. The smallest absolute Gasteiger partial charge is 0.100 e. The molecule has 0 saturated heterocycles. The average molecular weight is 304 g/mol. The molecule has 0 fully saturated rings. The summed E-state index contributed by atoms with van der Waals surface area (Å²) in [5, 5.41) is 22.7. The van der Waals surface area contributed by atoms with Crippen LogP contribution in [0.4, 0.5) is 0 Å². The lowest BCUT2D eigenvalue weighted by Crippen LogP contribution is -1.90. The van der Waals surface area contributed by atoms with Gasteiger partial charge in [0.2, 0.25) is 0 Å². The molecule has 0 radical (unpaired) electrons. The molecular formula is C22H12N2. The number of benzene rings is 4. The van der Waals surface area contributed by atoms with Gasteiger partial charge in [-0.3, -0.25) is 0 Å². The Kier molecular flexibility index (Phi) is 3.23. The molecular weight excluding hydrogens is 292 g/mol. The summed E-state index contributed by atoms with van der Waals surface area (Å²) >= 11 is 0. The van der Waals surface area contributed by atoms with Crippen molar-refractivity contribution < 1.29 is 0 Å². The number of hydrogen-bond donors (Lipinski definition) is 0. The van der Waals surface area contributed by atoms with E-state index in [2.05, 4.69) is 24.3 Å².